The highest BCUT2D eigenvalue weighted by molar-refractivity contribution is 5.80. The number of benzene rings is 1. The molecule has 0 aromatic heterocycles. The number of methoxy groups -OCH3 is 1. The molecule has 2 rings (SSSR count). The second kappa shape index (κ2) is 10.7. The molecule has 26 heavy (non-hydrogen) atoms. The molecule has 0 atom stereocenters. The molecule has 0 aliphatic heterocycles. The van der Waals surface area contributed by atoms with Crippen molar-refractivity contribution in [3.63, 3.8) is 0 Å². The van der Waals surface area contributed by atoms with Gasteiger partial charge in [-0.15, -0.1) is 0 Å². The van der Waals surface area contributed by atoms with Crippen molar-refractivity contribution in [2.45, 2.75) is 50.8 Å². The third kappa shape index (κ3) is 6.97. The lowest BCUT2D eigenvalue weighted by molar-refractivity contribution is -0.384. The van der Waals surface area contributed by atoms with E-state index < -0.39 is 4.92 Å². The van der Waals surface area contributed by atoms with Gasteiger partial charge in [-0.25, -0.2) is 4.99 Å². The number of hydrogen-bond donors (Lipinski definition) is 3. The van der Waals surface area contributed by atoms with Crippen molar-refractivity contribution in [1.29, 1.82) is 0 Å². The van der Waals surface area contributed by atoms with Gasteiger partial charge >= 0.3 is 0 Å². The Labute approximate surface area is 153 Å². The number of aliphatic imine (C=N–C) groups is 1. The second-order valence-electron chi connectivity index (χ2n) is 6.51. The summed E-state index contributed by atoms with van der Waals surface area (Å²) in [5.74, 6) is 0.723. The molecule has 8 heteroatoms. The predicted molar refractivity (Wildman–Crippen MR) is 100 cm³/mol. The summed E-state index contributed by atoms with van der Waals surface area (Å²) in [6.45, 7) is 1.86. The third-order valence-electron chi connectivity index (χ3n) is 4.42. The molecule has 1 aliphatic rings. The Morgan fingerprint density at radius 2 is 2.00 bits per heavy atom. The maximum absolute atomic E-state index is 10.7. The largest absolute Gasteiger partial charge is 0.393 e. The SMILES string of the molecule is COCCCNC(=NCc1ccc([N+](=O)[O-])cc1)NC1CCC(O)CC1. The number of non-ortho nitro benzene ring substituents is 1. The first-order valence-corrected chi connectivity index (χ1v) is 9.03. The van der Waals surface area contributed by atoms with Gasteiger partial charge in [0.15, 0.2) is 5.96 Å². The summed E-state index contributed by atoms with van der Waals surface area (Å²) in [5.41, 5.74) is 0.988. The fourth-order valence-corrected chi connectivity index (χ4v) is 2.88. The van der Waals surface area contributed by atoms with Crippen molar-refractivity contribution in [2.75, 3.05) is 20.3 Å². The highest BCUT2D eigenvalue weighted by atomic mass is 16.6. The molecule has 0 spiro atoms. The zero-order valence-electron chi connectivity index (χ0n) is 15.2. The summed E-state index contributed by atoms with van der Waals surface area (Å²) in [7, 11) is 1.68. The average molecular weight is 364 g/mol. The Kier molecular flexibility index (Phi) is 8.30. The van der Waals surface area contributed by atoms with Crippen molar-refractivity contribution >= 4 is 11.6 Å². The van der Waals surface area contributed by atoms with Gasteiger partial charge in [-0.05, 0) is 37.7 Å². The quantitative estimate of drug-likeness (QED) is 0.214. The minimum atomic E-state index is -0.408. The number of hydrogen-bond acceptors (Lipinski definition) is 5. The fraction of sp³-hybridized carbons (Fsp3) is 0.611. The summed E-state index contributed by atoms with van der Waals surface area (Å²) < 4.78 is 5.06. The first kappa shape index (κ1) is 20.1. The summed E-state index contributed by atoms with van der Waals surface area (Å²) >= 11 is 0. The van der Waals surface area contributed by atoms with Crippen LogP contribution < -0.4 is 10.6 Å². The van der Waals surface area contributed by atoms with Gasteiger partial charge in [0.25, 0.3) is 5.69 Å². The smallest absolute Gasteiger partial charge is 0.269 e. The molecule has 144 valence electrons. The lowest BCUT2D eigenvalue weighted by atomic mass is 9.93. The Balaban J connectivity index is 1.94. The van der Waals surface area contributed by atoms with Crippen LogP contribution in [0, 0.1) is 10.1 Å². The predicted octanol–water partition coefficient (Wildman–Crippen LogP) is 1.97. The van der Waals surface area contributed by atoms with Crippen LogP contribution in [0.3, 0.4) is 0 Å². The molecule has 0 heterocycles. The van der Waals surface area contributed by atoms with Gasteiger partial charge in [-0.3, -0.25) is 10.1 Å². The van der Waals surface area contributed by atoms with Crippen LogP contribution in [0.1, 0.15) is 37.7 Å². The van der Waals surface area contributed by atoms with Crippen LogP contribution in [0.2, 0.25) is 0 Å². The lowest BCUT2D eigenvalue weighted by Gasteiger charge is -2.27. The molecular weight excluding hydrogens is 336 g/mol. The Morgan fingerprint density at radius 1 is 1.31 bits per heavy atom. The average Bonchev–Trinajstić information content (AvgIpc) is 2.65. The maximum atomic E-state index is 10.7. The molecule has 3 N–H and O–H groups in total. The van der Waals surface area contributed by atoms with Crippen LogP contribution in [-0.2, 0) is 11.3 Å². The summed E-state index contributed by atoms with van der Waals surface area (Å²) in [6, 6.07) is 6.73. The second-order valence-corrected chi connectivity index (χ2v) is 6.51. The first-order valence-electron chi connectivity index (χ1n) is 9.03. The number of nitro groups is 1. The lowest BCUT2D eigenvalue weighted by Crippen LogP contribution is -2.45. The molecule has 0 amide bonds. The van der Waals surface area contributed by atoms with Crippen molar-refractivity contribution < 1.29 is 14.8 Å². The molecule has 0 radical (unpaired) electrons. The van der Waals surface area contributed by atoms with E-state index in [0.29, 0.717) is 19.2 Å². The molecule has 1 saturated carbocycles. The van der Waals surface area contributed by atoms with E-state index in [2.05, 4.69) is 15.6 Å². The number of aliphatic hydroxyl groups excluding tert-OH is 1. The molecular formula is C18H28N4O4. The van der Waals surface area contributed by atoms with Gasteiger partial charge in [0.05, 0.1) is 17.6 Å². The van der Waals surface area contributed by atoms with Crippen LogP contribution in [0.25, 0.3) is 0 Å². The zero-order valence-corrected chi connectivity index (χ0v) is 15.2. The molecule has 0 unspecified atom stereocenters. The van der Waals surface area contributed by atoms with Gasteiger partial charge < -0.3 is 20.5 Å². The van der Waals surface area contributed by atoms with Crippen LogP contribution >= 0.6 is 0 Å². The molecule has 0 saturated heterocycles. The van der Waals surface area contributed by atoms with E-state index in [4.69, 9.17) is 4.74 Å². The molecule has 1 fully saturated rings. The number of rotatable bonds is 8. The third-order valence-corrected chi connectivity index (χ3v) is 4.42. The highest BCUT2D eigenvalue weighted by Gasteiger charge is 2.20. The van der Waals surface area contributed by atoms with Gasteiger partial charge in [-0.2, -0.15) is 0 Å². The number of ether oxygens (including phenoxy) is 1. The standard InChI is InChI=1S/C18H28N4O4/c1-26-12-2-11-19-18(21-15-5-9-17(23)10-6-15)20-13-14-3-7-16(8-4-14)22(24)25/h3-4,7-8,15,17,23H,2,5-6,9-13H2,1H3,(H2,19,20,21). The topological polar surface area (TPSA) is 109 Å². The van der Waals surface area contributed by atoms with Gasteiger partial charge in [0, 0.05) is 38.4 Å². The van der Waals surface area contributed by atoms with E-state index in [9.17, 15) is 15.2 Å². The zero-order chi connectivity index (χ0) is 18.8. The number of guanidine groups is 1. The monoisotopic (exact) mass is 364 g/mol. The van der Waals surface area contributed by atoms with Gasteiger partial charge in [-0.1, -0.05) is 12.1 Å². The summed E-state index contributed by atoms with van der Waals surface area (Å²) in [4.78, 5) is 14.9. The minimum absolute atomic E-state index is 0.0783. The first-order chi connectivity index (χ1) is 12.6. The van der Waals surface area contributed by atoms with Crippen LogP contribution in [0.15, 0.2) is 29.3 Å². The molecule has 1 aromatic carbocycles. The Bertz CT molecular complexity index is 583. The normalized spacial score (nSPS) is 20.6. The summed E-state index contributed by atoms with van der Waals surface area (Å²) in [5, 5.41) is 27.1. The van der Waals surface area contributed by atoms with Crippen molar-refractivity contribution in [1.82, 2.24) is 10.6 Å². The van der Waals surface area contributed by atoms with E-state index in [1.807, 2.05) is 0 Å². The van der Waals surface area contributed by atoms with E-state index in [1.165, 1.54) is 12.1 Å². The molecule has 1 aromatic rings. The fourth-order valence-electron chi connectivity index (χ4n) is 2.88. The maximum Gasteiger partial charge on any atom is 0.269 e. The minimum Gasteiger partial charge on any atom is -0.393 e. The van der Waals surface area contributed by atoms with Gasteiger partial charge in [0.2, 0.25) is 0 Å². The number of nitro benzene ring substituents is 1. The van der Waals surface area contributed by atoms with E-state index in [0.717, 1.165) is 50.2 Å². The molecule has 0 bridgehead atoms. The van der Waals surface area contributed by atoms with E-state index >= 15 is 0 Å². The molecule has 8 nitrogen and oxygen atoms in total. The van der Waals surface area contributed by atoms with Gasteiger partial charge in [0.1, 0.15) is 0 Å². The van der Waals surface area contributed by atoms with Crippen molar-refractivity contribution in [3.05, 3.63) is 39.9 Å². The van der Waals surface area contributed by atoms with E-state index in [-0.39, 0.29) is 11.8 Å². The van der Waals surface area contributed by atoms with Crippen molar-refractivity contribution in [2.24, 2.45) is 4.99 Å². The van der Waals surface area contributed by atoms with Crippen LogP contribution in [0.4, 0.5) is 5.69 Å². The van der Waals surface area contributed by atoms with E-state index in [1.54, 1.807) is 19.2 Å². The molecule has 1 aliphatic carbocycles. The highest BCUT2D eigenvalue weighted by Crippen LogP contribution is 2.18. The number of aliphatic hydroxyl groups is 1. The van der Waals surface area contributed by atoms with Crippen molar-refractivity contribution in [3.8, 4) is 0 Å². The number of nitrogens with zero attached hydrogens (tertiary/aromatic N) is 2. The van der Waals surface area contributed by atoms with Crippen LogP contribution in [-0.4, -0.2) is 48.4 Å². The Morgan fingerprint density at radius 3 is 2.62 bits per heavy atom. The number of nitrogens with one attached hydrogen (secondary N) is 2. The Hall–Kier alpha value is -2.19. The van der Waals surface area contributed by atoms with Crippen LogP contribution in [0.5, 0.6) is 0 Å². The summed E-state index contributed by atoms with van der Waals surface area (Å²) in [6.07, 6.45) is 4.12.